The molecule has 0 aromatic heterocycles. The van der Waals surface area contributed by atoms with E-state index in [0.29, 0.717) is 5.56 Å². The standard InChI is InChI=1S/C62H43N/c1-5-22-44(23-6-1)51-32-16-20-39-60(51)63(49-31-21-30-48(42-49)62(47-28-11-4-12-29-47)57-37-18-13-33-52(57)53-34-14-19-38-58(53)62)50-40-41-55-54-35-15-17-36-56(54)61(59(55)43-50,45-24-7-2-8-25-45)46-26-9-3-10-27-46/h1-43H/i21D,30D,31D,42D. The van der Waals surface area contributed by atoms with E-state index in [9.17, 15) is 5.48 Å². The molecule has 0 spiro atoms. The van der Waals surface area contributed by atoms with Gasteiger partial charge in [-0.3, -0.25) is 0 Å². The van der Waals surface area contributed by atoms with E-state index in [0.717, 1.165) is 78.1 Å². The van der Waals surface area contributed by atoms with Crippen LogP contribution in [0.2, 0.25) is 0 Å². The first-order chi connectivity index (χ1) is 33.0. The average Bonchev–Trinajstić information content (AvgIpc) is 3.86. The zero-order valence-electron chi connectivity index (χ0n) is 38.5. The average molecular weight is 806 g/mol. The van der Waals surface area contributed by atoms with Crippen molar-refractivity contribution in [2.45, 2.75) is 10.8 Å². The Morgan fingerprint density at radius 1 is 0.317 bits per heavy atom. The number of nitrogens with zero attached hydrogens (tertiary/aromatic N) is 1. The number of benzene rings is 10. The monoisotopic (exact) mass is 805 g/mol. The largest absolute Gasteiger partial charge is 0.310 e. The minimum atomic E-state index is -1.15. The minimum absolute atomic E-state index is 0.0189. The Hall–Kier alpha value is -8.00. The first-order valence-electron chi connectivity index (χ1n) is 23.6. The number of anilines is 3. The number of rotatable bonds is 8. The number of para-hydroxylation sites is 1. The third-order valence-electron chi connectivity index (χ3n) is 13.3. The quantitative estimate of drug-likeness (QED) is 0.148. The molecular weight excluding hydrogens is 759 g/mol. The van der Waals surface area contributed by atoms with Gasteiger partial charge in [-0.25, -0.2) is 0 Å². The molecule has 296 valence electrons. The Morgan fingerprint density at radius 3 is 1.25 bits per heavy atom. The van der Waals surface area contributed by atoms with Crippen molar-refractivity contribution in [3.8, 4) is 33.4 Å². The lowest BCUT2D eigenvalue weighted by Crippen LogP contribution is -2.29. The first-order valence-corrected chi connectivity index (χ1v) is 21.6. The summed E-state index contributed by atoms with van der Waals surface area (Å²) >= 11 is 0. The van der Waals surface area contributed by atoms with Gasteiger partial charge in [0, 0.05) is 16.9 Å². The second-order valence-corrected chi connectivity index (χ2v) is 16.4. The van der Waals surface area contributed by atoms with Crippen molar-refractivity contribution in [2.75, 3.05) is 4.90 Å². The number of hydrogen-bond acceptors (Lipinski definition) is 1. The van der Waals surface area contributed by atoms with E-state index < -0.39 is 10.8 Å². The molecule has 0 radical (unpaired) electrons. The topological polar surface area (TPSA) is 3.24 Å². The van der Waals surface area contributed by atoms with Crippen molar-refractivity contribution in [3.05, 3.63) is 305 Å². The summed E-state index contributed by atoms with van der Waals surface area (Å²) in [4.78, 5) is 2.03. The van der Waals surface area contributed by atoms with E-state index in [4.69, 9.17) is 0 Å². The predicted molar refractivity (Wildman–Crippen MR) is 261 cm³/mol. The summed E-state index contributed by atoms with van der Waals surface area (Å²) in [6, 6.07) is 81.1. The lowest BCUT2D eigenvalue weighted by Gasteiger charge is -2.36. The van der Waals surface area contributed by atoms with Crippen molar-refractivity contribution in [1.82, 2.24) is 0 Å². The molecule has 0 aliphatic heterocycles. The molecule has 0 N–H and O–H groups in total. The molecule has 0 heterocycles. The van der Waals surface area contributed by atoms with E-state index in [1.54, 1.807) is 0 Å². The van der Waals surface area contributed by atoms with Gasteiger partial charge >= 0.3 is 0 Å². The molecule has 12 rings (SSSR count). The molecule has 1 heteroatoms. The van der Waals surface area contributed by atoms with Crippen molar-refractivity contribution in [3.63, 3.8) is 0 Å². The summed E-state index contributed by atoms with van der Waals surface area (Å²) in [6.07, 6.45) is 0. The second kappa shape index (κ2) is 14.9. The van der Waals surface area contributed by atoms with Gasteiger partial charge in [-0.15, -0.1) is 0 Å². The zero-order valence-corrected chi connectivity index (χ0v) is 34.5. The van der Waals surface area contributed by atoms with Gasteiger partial charge in [0.2, 0.25) is 0 Å². The van der Waals surface area contributed by atoms with Crippen molar-refractivity contribution in [2.24, 2.45) is 0 Å². The lowest BCUT2D eigenvalue weighted by atomic mass is 9.67. The van der Waals surface area contributed by atoms with E-state index in [-0.39, 0.29) is 29.9 Å². The molecule has 0 saturated heterocycles. The molecule has 0 unspecified atom stereocenters. The summed E-state index contributed by atoms with van der Waals surface area (Å²) in [7, 11) is 0. The van der Waals surface area contributed by atoms with Crippen LogP contribution in [-0.2, 0) is 10.8 Å². The van der Waals surface area contributed by atoms with Gasteiger partial charge in [-0.1, -0.05) is 230 Å². The maximum Gasteiger partial charge on any atom is 0.0714 e. The predicted octanol–water partition coefficient (Wildman–Crippen LogP) is 15.5. The molecule has 63 heavy (non-hydrogen) atoms. The SMILES string of the molecule is [2H]c1c([2H])c(N(c2ccc3c(c2)C(c2ccccc2)(c2ccccc2)c2ccccc2-3)c2ccccc2-c2ccccc2)c([2H])c(C2(c3ccccc3)c3ccccc3-c3ccccc32)c1[2H]. The fourth-order valence-electron chi connectivity index (χ4n) is 10.8. The van der Waals surface area contributed by atoms with Crippen LogP contribution in [0.25, 0.3) is 33.4 Å². The van der Waals surface area contributed by atoms with Crippen molar-refractivity contribution in [1.29, 1.82) is 0 Å². The smallest absolute Gasteiger partial charge is 0.0714 e. The molecule has 1 nitrogen and oxygen atoms in total. The Kier molecular flexibility index (Phi) is 7.73. The normalized spacial score (nSPS) is 14.5. The highest BCUT2D eigenvalue weighted by atomic mass is 15.1. The van der Waals surface area contributed by atoms with Gasteiger partial charge in [0.25, 0.3) is 0 Å². The summed E-state index contributed by atoms with van der Waals surface area (Å²) < 4.78 is 40.7. The van der Waals surface area contributed by atoms with Crippen LogP contribution in [0.4, 0.5) is 17.1 Å². The molecule has 2 aliphatic rings. The van der Waals surface area contributed by atoms with Crippen molar-refractivity contribution >= 4 is 17.1 Å². The Balaban J connectivity index is 1.21. The summed E-state index contributed by atoms with van der Waals surface area (Å²) in [5.41, 5.74) is 13.7. The van der Waals surface area contributed by atoms with Crippen LogP contribution < -0.4 is 4.90 Å². The third kappa shape index (κ3) is 5.50. The Labute approximate surface area is 375 Å². The molecule has 10 aromatic rings. The Bertz CT molecular complexity index is 3430. The van der Waals surface area contributed by atoms with Gasteiger partial charge < -0.3 is 4.90 Å². The number of hydrogen-bond donors (Lipinski definition) is 0. The Morgan fingerprint density at radius 2 is 0.730 bits per heavy atom. The van der Waals surface area contributed by atoms with E-state index in [1.165, 1.54) is 5.56 Å². The van der Waals surface area contributed by atoms with E-state index in [1.807, 2.05) is 77.7 Å². The zero-order chi connectivity index (χ0) is 45.3. The van der Waals surface area contributed by atoms with Crippen LogP contribution in [0.3, 0.4) is 0 Å². The van der Waals surface area contributed by atoms with Crippen LogP contribution in [0.5, 0.6) is 0 Å². The fraction of sp³-hybridized carbons (Fsp3) is 0.0323. The maximum atomic E-state index is 10.8. The highest BCUT2D eigenvalue weighted by Gasteiger charge is 2.48. The van der Waals surface area contributed by atoms with Crippen LogP contribution in [-0.4, -0.2) is 0 Å². The molecule has 2 aliphatic carbocycles. The lowest BCUT2D eigenvalue weighted by molar-refractivity contribution is 0.767. The molecule has 0 fully saturated rings. The van der Waals surface area contributed by atoms with Crippen LogP contribution >= 0.6 is 0 Å². The second-order valence-electron chi connectivity index (χ2n) is 16.4. The van der Waals surface area contributed by atoms with Crippen molar-refractivity contribution < 1.29 is 5.48 Å². The molecule has 0 atom stereocenters. The minimum Gasteiger partial charge on any atom is -0.310 e. The van der Waals surface area contributed by atoms with Gasteiger partial charge in [-0.05, 0) is 103 Å². The fourth-order valence-corrected chi connectivity index (χ4v) is 10.8. The summed E-state index contributed by atoms with van der Waals surface area (Å²) in [6.45, 7) is 0. The van der Waals surface area contributed by atoms with Gasteiger partial charge in [0.15, 0.2) is 0 Å². The molecule has 0 amide bonds. The molecule has 10 aromatic carbocycles. The highest BCUT2D eigenvalue weighted by molar-refractivity contribution is 5.93. The maximum absolute atomic E-state index is 10.8. The summed E-state index contributed by atoms with van der Waals surface area (Å²) in [5, 5.41) is 0. The first kappa shape index (κ1) is 32.7. The summed E-state index contributed by atoms with van der Waals surface area (Å²) in [5.74, 6) is 0. The molecule has 0 saturated carbocycles. The third-order valence-corrected chi connectivity index (χ3v) is 13.3. The van der Waals surface area contributed by atoms with Crippen LogP contribution in [0.1, 0.15) is 50.0 Å². The van der Waals surface area contributed by atoms with Crippen LogP contribution in [0, 0.1) is 0 Å². The van der Waals surface area contributed by atoms with Gasteiger partial charge in [-0.2, -0.15) is 0 Å². The molecular formula is C62H43N. The van der Waals surface area contributed by atoms with Crippen LogP contribution in [0.15, 0.2) is 261 Å². The van der Waals surface area contributed by atoms with E-state index >= 15 is 0 Å². The number of fused-ring (bicyclic) bond motifs is 6. The van der Waals surface area contributed by atoms with Gasteiger partial charge in [0.1, 0.15) is 0 Å². The van der Waals surface area contributed by atoms with Gasteiger partial charge in [0.05, 0.1) is 22.0 Å². The van der Waals surface area contributed by atoms with E-state index in [2.05, 4.69) is 164 Å². The highest BCUT2D eigenvalue weighted by Crippen LogP contribution is 2.59. The molecule has 0 bridgehead atoms.